The van der Waals surface area contributed by atoms with Crippen LogP contribution in [0.2, 0.25) is 0 Å². The highest BCUT2D eigenvalue weighted by Crippen LogP contribution is 2.17. The summed E-state index contributed by atoms with van der Waals surface area (Å²) in [6.07, 6.45) is 3.55. The molecule has 1 rings (SSSR count). The third-order valence-corrected chi connectivity index (χ3v) is 3.05. The third kappa shape index (κ3) is 4.04. The van der Waals surface area contributed by atoms with E-state index in [9.17, 15) is 9.59 Å². The lowest BCUT2D eigenvalue weighted by Gasteiger charge is -2.04. The lowest BCUT2D eigenvalue weighted by molar-refractivity contribution is -0.139. The van der Waals surface area contributed by atoms with Crippen LogP contribution in [0.25, 0.3) is 6.08 Å². The van der Waals surface area contributed by atoms with Crippen LogP contribution in [0.3, 0.4) is 0 Å². The van der Waals surface area contributed by atoms with Gasteiger partial charge in [0.05, 0.1) is 6.61 Å². The molecule has 0 aromatic heterocycles. The molecule has 0 radical (unpaired) electrons. The average Bonchev–Trinajstić information content (AvgIpc) is 2.36. The second kappa shape index (κ2) is 7.01. The predicted molar refractivity (Wildman–Crippen MR) is 73.5 cm³/mol. The maximum atomic E-state index is 11.6. The van der Waals surface area contributed by atoms with E-state index in [0.717, 1.165) is 10.5 Å². The van der Waals surface area contributed by atoms with Crippen LogP contribution >= 0.6 is 11.8 Å². The first kappa shape index (κ1) is 14.5. The van der Waals surface area contributed by atoms with Gasteiger partial charge in [-0.2, -0.15) is 0 Å². The minimum absolute atomic E-state index is 0.0775. The van der Waals surface area contributed by atoms with Gasteiger partial charge >= 0.3 is 5.97 Å². The highest BCUT2D eigenvalue weighted by atomic mass is 32.2. The van der Waals surface area contributed by atoms with E-state index in [4.69, 9.17) is 4.74 Å². The summed E-state index contributed by atoms with van der Waals surface area (Å²) in [5, 5.41) is 0. The van der Waals surface area contributed by atoms with Gasteiger partial charge in [-0.15, -0.1) is 11.8 Å². The number of carbonyl (C=O) groups is 2. The van der Waals surface area contributed by atoms with Crippen molar-refractivity contribution < 1.29 is 14.3 Å². The summed E-state index contributed by atoms with van der Waals surface area (Å²) in [7, 11) is 0. The van der Waals surface area contributed by atoms with Crippen molar-refractivity contribution in [3.63, 3.8) is 0 Å². The second-order valence-electron chi connectivity index (χ2n) is 3.61. The highest BCUT2D eigenvalue weighted by Gasteiger charge is 2.15. The van der Waals surface area contributed by atoms with Crippen LogP contribution in [0.5, 0.6) is 0 Å². The van der Waals surface area contributed by atoms with E-state index in [1.807, 2.05) is 30.5 Å². The number of hydrogen-bond acceptors (Lipinski definition) is 4. The topological polar surface area (TPSA) is 43.4 Å². The Labute approximate surface area is 111 Å². The zero-order valence-corrected chi connectivity index (χ0v) is 11.5. The number of ketones is 1. The van der Waals surface area contributed by atoms with Crippen LogP contribution in [0.1, 0.15) is 19.4 Å². The van der Waals surface area contributed by atoms with Crippen molar-refractivity contribution in [1.29, 1.82) is 0 Å². The molecule has 0 fully saturated rings. The van der Waals surface area contributed by atoms with Crippen LogP contribution in [0.4, 0.5) is 0 Å². The smallest absolute Gasteiger partial charge is 0.341 e. The van der Waals surface area contributed by atoms with E-state index in [-0.39, 0.29) is 18.0 Å². The molecule has 3 nitrogen and oxygen atoms in total. The van der Waals surface area contributed by atoms with Gasteiger partial charge in [-0.05, 0) is 43.9 Å². The van der Waals surface area contributed by atoms with Crippen molar-refractivity contribution in [1.82, 2.24) is 0 Å². The molecule has 18 heavy (non-hydrogen) atoms. The van der Waals surface area contributed by atoms with E-state index < -0.39 is 5.97 Å². The van der Waals surface area contributed by atoms with E-state index in [1.54, 1.807) is 24.8 Å². The van der Waals surface area contributed by atoms with Gasteiger partial charge in [0.15, 0.2) is 5.78 Å². The SMILES string of the molecule is CCOC(=O)C(=Cc1ccc(SC)cc1)C(C)=O. The molecule has 1 aromatic carbocycles. The Morgan fingerprint density at radius 1 is 1.28 bits per heavy atom. The lowest BCUT2D eigenvalue weighted by atomic mass is 10.1. The predicted octanol–water partition coefficient (Wildman–Crippen LogP) is 2.94. The Morgan fingerprint density at radius 2 is 1.89 bits per heavy atom. The Morgan fingerprint density at radius 3 is 2.33 bits per heavy atom. The number of esters is 1. The third-order valence-electron chi connectivity index (χ3n) is 2.30. The molecule has 0 saturated carbocycles. The normalized spacial score (nSPS) is 11.2. The van der Waals surface area contributed by atoms with Crippen LogP contribution in [0, 0.1) is 0 Å². The number of ether oxygens (including phenoxy) is 1. The molecular weight excluding hydrogens is 248 g/mol. The van der Waals surface area contributed by atoms with Gasteiger partial charge in [-0.3, -0.25) is 4.79 Å². The molecular formula is C14H16O3S. The largest absolute Gasteiger partial charge is 0.462 e. The summed E-state index contributed by atoms with van der Waals surface area (Å²) in [6, 6.07) is 7.63. The fourth-order valence-corrected chi connectivity index (χ4v) is 1.79. The Hall–Kier alpha value is -1.55. The molecule has 0 unspecified atom stereocenters. The summed E-state index contributed by atoms with van der Waals surface area (Å²) < 4.78 is 4.85. The van der Waals surface area contributed by atoms with Crippen molar-refractivity contribution in [3.05, 3.63) is 35.4 Å². The number of hydrogen-bond donors (Lipinski definition) is 0. The van der Waals surface area contributed by atoms with Crippen molar-refractivity contribution in [3.8, 4) is 0 Å². The maximum Gasteiger partial charge on any atom is 0.341 e. The van der Waals surface area contributed by atoms with Crippen molar-refractivity contribution >= 4 is 29.6 Å². The first-order valence-electron chi connectivity index (χ1n) is 5.62. The minimum Gasteiger partial charge on any atom is -0.462 e. The molecule has 0 aliphatic rings. The van der Waals surface area contributed by atoms with Crippen LogP contribution in [-0.2, 0) is 14.3 Å². The fourth-order valence-electron chi connectivity index (χ4n) is 1.38. The van der Waals surface area contributed by atoms with Gasteiger partial charge < -0.3 is 4.74 Å². The molecule has 0 N–H and O–H groups in total. The summed E-state index contributed by atoms with van der Waals surface area (Å²) in [6.45, 7) is 3.33. The Kier molecular flexibility index (Phi) is 5.65. The fraction of sp³-hybridized carbons (Fsp3) is 0.286. The van der Waals surface area contributed by atoms with Crippen LogP contribution in [0.15, 0.2) is 34.7 Å². The standard InChI is InChI=1S/C14H16O3S/c1-4-17-14(16)13(10(2)15)9-11-5-7-12(18-3)8-6-11/h5-9H,4H2,1-3H3. The van der Waals surface area contributed by atoms with E-state index >= 15 is 0 Å². The molecule has 0 bridgehead atoms. The quantitative estimate of drug-likeness (QED) is 0.270. The number of carbonyl (C=O) groups excluding carboxylic acids is 2. The number of benzene rings is 1. The molecule has 0 spiro atoms. The molecule has 0 aliphatic heterocycles. The summed E-state index contributed by atoms with van der Waals surface area (Å²) in [5.74, 6) is -0.860. The van der Waals surface area contributed by atoms with Gasteiger partial charge in [0, 0.05) is 4.90 Å². The molecule has 1 aromatic rings. The van der Waals surface area contributed by atoms with Crippen LogP contribution in [-0.4, -0.2) is 24.6 Å². The van der Waals surface area contributed by atoms with E-state index in [0.29, 0.717) is 0 Å². The molecule has 0 heterocycles. The number of thioether (sulfide) groups is 1. The van der Waals surface area contributed by atoms with Crippen molar-refractivity contribution in [2.45, 2.75) is 18.7 Å². The zero-order chi connectivity index (χ0) is 13.5. The minimum atomic E-state index is -0.570. The summed E-state index contributed by atoms with van der Waals surface area (Å²) in [5.41, 5.74) is 0.889. The molecule has 0 aliphatic carbocycles. The molecule has 4 heteroatoms. The molecule has 0 atom stereocenters. The van der Waals surface area contributed by atoms with Gasteiger partial charge in [0.1, 0.15) is 5.57 Å². The Bertz CT molecular complexity index is 460. The van der Waals surface area contributed by atoms with Gasteiger partial charge in [0.2, 0.25) is 0 Å². The second-order valence-corrected chi connectivity index (χ2v) is 4.49. The van der Waals surface area contributed by atoms with Crippen molar-refractivity contribution in [2.75, 3.05) is 12.9 Å². The van der Waals surface area contributed by atoms with Crippen molar-refractivity contribution in [2.24, 2.45) is 0 Å². The molecule has 0 saturated heterocycles. The zero-order valence-electron chi connectivity index (χ0n) is 10.7. The van der Waals surface area contributed by atoms with E-state index in [2.05, 4.69) is 0 Å². The average molecular weight is 264 g/mol. The summed E-state index contributed by atoms with van der Waals surface area (Å²) >= 11 is 1.64. The monoisotopic (exact) mass is 264 g/mol. The highest BCUT2D eigenvalue weighted by molar-refractivity contribution is 7.98. The van der Waals surface area contributed by atoms with Crippen LogP contribution < -0.4 is 0 Å². The lowest BCUT2D eigenvalue weighted by Crippen LogP contribution is -2.13. The van der Waals surface area contributed by atoms with Gasteiger partial charge in [-0.1, -0.05) is 12.1 Å². The first-order valence-corrected chi connectivity index (χ1v) is 6.84. The number of Topliss-reactive ketones (excluding diaryl/α,β-unsaturated/α-hetero) is 1. The molecule has 0 amide bonds. The van der Waals surface area contributed by atoms with E-state index in [1.165, 1.54) is 6.92 Å². The van der Waals surface area contributed by atoms with Gasteiger partial charge in [0.25, 0.3) is 0 Å². The maximum absolute atomic E-state index is 11.6. The molecule has 96 valence electrons. The first-order chi connectivity index (χ1) is 8.58. The van der Waals surface area contributed by atoms with Gasteiger partial charge in [-0.25, -0.2) is 4.79 Å². The summed E-state index contributed by atoms with van der Waals surface area (Å²) in [4.78, 5) is 24.1. The number of rotatable bonds is 5. The Balaban J connectivity index is 3.00.